The molecule has 17 heavy (non-hydrogen) atoms. The number of cyclic esters (lactones) is 1. The molecule has 0 aromatic rings. The van der Waals surface area contributed by atoms with Crippen LogP contribution >= 0.6 is 0 Å². The third-order valence-corrected chi connectivity index (χ3v) is 3.41. The molecule has 2 unspecified atom stereocenters. The van der Waals surface area contributed by atoms with Crippen LogP contribution in [0.25, 0.3) is 0 Å². The van der Waals surface area contributed by atoms with E-state index in [9.17, 15) is 22.0 Å². The SMILES string of the molecule is CC(CS(C)(=O)=O)NCC1CC(F)(F)C(=O)O1. The molecule has 5 nitrogen and oxygen atoms in total. The lowest BCUT2D eigenvalue weighted by Crippen LogP contribution is -2.37. The van der Waals surface area contributed by atoms with Crippen molar-refractivity contribution < 1.29 is 26.7 Å². The molecule has 0 saturated carbocycles. The molecule has 1 aliphatic rings. The van der Waals surface area contributed by atoms with Crippen molar-refractivity contribution in [3.8, 4) is 0 Å². The minimum Gasteiger partial charge on any atom is -0.456 e. The highest BCUT2D eigenvalue weighted by Crippen LogP contribution is 2.30. The Morgan fingerprint density at radius 2 is 2.18 bits per heavy atom. The van der Waals surface area contributed by atoms with E-state index in [4.69, 9.17) is 0 Å². The lowest BCUT2D eigenvalue weighted by Gasteiger charge is -2.15. The number of carbonyl (C=O) groups is 1. The standard InChI is InChI=1S/C9H15F2NO4S/c1-6(5-17(2,14)15)12-4-7-3-9(10,11)8(13)16-7/h6-7,12H,3-5H2,1-2H3. The second-order valence-corrected chi connectivity index (χ2v) is 6.52. The first-order valence-electron chi connectivity index (χ1n) is 5.10. The third-order valence-electron chi connectivity index (χ3n) is 2.30. The number of sulfone groups is 1. The predicted molar refractivity (Wildman–Crippen MR) is 56.6 cm³/mol. The molecule has 1 heterocycles. The Morgan fingerprint density at radius 3 is 2.59 bits per heavy atom. The molecule has 100 valence electrons. The van der Waals surface area contributed by atoms with Crippen LogP contribution in [0.4, 0.5) is 8.78 Å². The van der Waals surface area contributed by atoms with Crippen molar-refractivity contribution in [3.05, 3.63) is 0 Å². The molecule has 8 heteroatoms. The Hall–Kier alpha value is -0.760. The molecule has 1 rings (SSSR count). The summed E-state index contributed by atoms with van der Waals surface area (Å²) in [4.78, 5) is 10.7. The smallest absolute Gasteiger partial charge is 0.377 e. The van der Waals surface area contributed by atoms with Gasteiger partial charge in [-0.05, 0) is 6.92 Å². The average molecular weight is 271 g/mol. The predicted octanol–water partition coefficient (Wildman–Crippen LogP) is -0.0401. The van der Waals surface area contributed by atoms with E-state index in [2.05, 4.69) is 10.1 Å². The third kappa shape index (κ3) is 4.55. The minimum atomic E-state index is -3.42. The van der Waals surface area contributed by atoms with E-state index in [1.54, 1.807) is 6.92 Å². The molecule has 2 atom stereocenters. The zero-order valence-corrected chi connectivity index (χ0v) is 10.4. The van der Waals surface area contributed by atoms with Crippen molar-refractivity contribution in [2.75, 3.05) is 18.6 Å². The van der Waals surface area contributed by atoms with Crippen LogP contribution in [0, 0.1) is 0 Å². The molecule has 0 spiro atoms. The van der Waals surface area contributed by atoms with E-state index in [1.165, 1.54) is 0 Å². The Kier molecular flexibility index (Phi) is 4.08. The van der Waals surface area contributed by atoms with Gasteiger partial charge in [0.15, 0.2) is 0 Å². The fraction of sp³-hybridized carbons (Fsp3) is 0.889. The summed E-state index contributed by atoms with van der Waals surface area (Å²) in [7, 11) is -3.12. The van der Waals surface area contributed by atoms with E-state index in [-0.39, 0.29) is 18.3 Å². The molecule has 1 aliphatic heterocycles. The quantitative estimate of drug-likeness (QED) is 0.710. The topological polar surface area (TPSA) is 72.5 Å². The van der Waals surface area contributed by atoms with Crippen LogP contribution < -0.4 is 5.32 Å². The van der Waals surface area contributed by atoms with Crippen molar-refractivity contribution in [1.82, 2.24) is 5.32 Å². The Bertz CT molecular complexity index is 396. The van der Waals surface area contributed by atoms with Crippen molar-refractivity contribution in [3.63, 3.8) is 0 Å². The van der Waals surface area contributed by atoms with Crippen LogP contribution in [0.5, 0.6) is 0 Å². The van der Waals surface area contributed by atoms with E-state index < -0.39 is 34.3 Å². The first-order chi connectivity index (χ1) is 7.60. The summed E-state index contributed by atoms with van der Waals surface area (Å²) in [6, 6.07) is -0.377. The number of ether oxygens (including phenoxy) is 1. The lowest BCUT2D eigenvalue weighted by molar-refractivity contribution is -0.159. The van der Waals surface area contributed by atoms with Gasteiger partial charge in [-0.1, -0.05) is 0 Å². The van der Waals surface area contributed by atoms with E-state index in [0.29, 0.717) is 0 Å². The second-order valence-electron chi connectivity index (χ2n) is 4.34. The van der Waals surface area contributed by atoms with Crippen LogP contribution in [0.15, 0.2) is 0 Å². The van der Waals surface area contributed by atoms with E-state index in [1.807, 2.05) is 0 Å². The Morgan fingerprint density at radius 1 is 1.59 bits per heavy atom. The molecule has 1 saturated heterocycles. The molecule has 0 radical (unpaired) electrons. The molecule has 0 amide bonds. The number of hydrogen-bond acceptors (Lipinski definition) is 5. The van der Waals surface area contributed by atoms with Gasteiger partial charge >= 0.3 is 11.9 Å². The van der Waals surface area contributed by atoms with E-state index >= 15 is 0 Å². The van der Waals surface area contributed by atoms with Crippen LogP contribution in [0.2, 0.25) is 0 Å². The van der Waals surface area contributed by atoms with Crippen molar-refractivity contribution in [2.45, 2.75) is 31.4 Å². The number of esters is 1. The maximum atomic E-state index is 12.8. The van der Waals surface area contributed by atoms with Gasteiger partial charge in [0.2, 0.25) is 0 Å². The summed E-state index contributed by atoms with van der Waals surface area (Å²) in [6.07, 6.45) is -0.473. The normalized spacial score (nSPS) is 25.6. The zero-order valence-electron chi connectivity index (χ0n) is 9.57. The summed E-state index contributed by atoms with van der Waals surface area (Å²) in [6.45, 7) is 1.65. The number of rotatable bonds is 5. The number of nitrogens with one attached hydrogen (secondary N) is 1. The first-order valence-corrected chi connectivity index (χ1v) is 7.16. The average Bonchev–Trinajstić information content (AvgIpc) is 2.35. The molecule has 1 N–H and O–H groups in total. The van der Waals surface area contributed by atoms with Gasteiger partial charge in [0.25, 0.3) is 0 Å². The maximum absolute atomic E-state index is 12.8. The molecule has 0 aliphatic carbocycles. The van der Waals surface area contributed by atoms with Gasteiger partial charge in [0.1, 0.15) is 15.9 Å². The summed E-state index contributed by atoms with van der Waals surface area (Å²) in [5.74, 6) is -5.03. The summed E-state index contributed by atoms with van der Waals surface area (Å²) >= 11 is 0. The molecule has 0 aromatic carbocycles. The van der Waals surface area contributed by atoms with Crippen molar-refractivity contribution in [1.29, 1.82) is 0 Å². The molecule has 0 aromatic heterocycles. The minimum absolute atomic E-state index is 0.0258. The summed E-state index contributed by atoms with van der Waals surface area (Å²) < 4.78 is 51.9. The number of alkyl halides is 2. The largest absolute Gasteiger partial charge is 0.456 e. The molecular weight excluding hydrogens is 256 g/mol. The molecular formula is C9H15F2NO4S. The monoisotopic (exact) mass is 271 g/mol. The van der Waals surface area contributed by atoms with Gasteiger partial charge in [0, 0.05) is 18.8 Å². The van der Waals surface area contributed by atoms with Crippen LogP contribution in [-0.2, 0) is 19.4 Å². The highest BCUT2D eigenvalue weighted by molar-refractivity contribution is 7.90. The zero-order chi connectivity index (χ0) is 13.3. The van der Waals surface area contributed by atoms with Crippen LogP contribution in [-0.4, -0.2) is 51.0 Å². The highest BCUT2D eigenvalue weighted by atomic mass is 32.2. The van der Waals surface area contributed by atoms with Crippen LogP contribution in [0.3, 0.4) is 0 Å². The van der Waals surface area contributed by atoms with Gasteiger partial charge in [-0.3, -0.25) is 0 Å². The second kappa shape index (κ2) is 4.85. The first kappa shape index (κ1) is 14.3. The maximum Gasteiger partial charge on any atom is 0.377 e. The number of halogens is 2. The fourth-order valence-corrected chi connectivity index (χ4v) is 2.63. The highest BCUT2D eigenvalue weighted by Gasteiger charge is 2.50. The van der Waals surface area contributed by atoms with Gasteiger partial charge in [-0.2, -0.15) is 8.78 Å². The van der Waals surface area contributed by atoms with Gasteiger partial charge in [-0.25, -0.2) is 13.2 Å². The summed E-state index contributed by atoms with van der Waals surface area (Å²) in [5, 5.41) is 2.75. The van der Waals surface area contributed by atoms with Gasteiger partial charge in [-0.15, -0.1) is 0 Å². The molecule has 1 fully saturated rings. The van der Waals surface area contributed by atoms with Crippen LogP contribution in [0.1, 0.15) is 13.3 Å². The Balaban J connectivity index is 2.36. The van der Waals surface area contributed by atoms with Gasteiger partial charge < -0.3 is 10.1 Å². The van der Waals surface area contributed by atoms with Crippen molar-refractivity contribution >= 4 is 15.8 Å². The number of carbonyl (C=O) groups excluding carboxylic acids is 1. The van der Waals surface area contributed by atoms with Gasteiger partial charge in [0.05, 0.1) is 12.2 Å². The fourth-order valence-electron chi connectivity index (χ4n) is 1.61. The Labute approximate surface area is 98.4 Å². The van der Waals surface area contributed by atoms with E-state index in [0.717, 1.165) is 6.26 Å². The molecule has 0 bridgehead atoms. The lowest BCUT2D eigenvalue weighted by atomic mass is 10.2. The van der Waals surface area contributed by atoms with Crippen molar-refractivity contribution in [2.24, 2.45) is 0 Å². The summed E-state index contributed by atoms with van der Waals surface area (Å²) in [5.41, 5.74) is 0. The number of hydrogen-bond donors (Lipinski definition) is 1.